The van der Waals surface area contributed by atoms with E-state index in [2.05, 4.69) is 4.98 Å². The normalized spacial score (nSPS) is 14.5. The molecule has 8 nitrogen and oxygen atoms in total. The molecule has 4 aromatic rings. The minimum atomic E-state index is -3.55. The maximum absolute atomic E-state index is 15.1. The van der Waals surface area contributed by atoms with Gasteiger partial charge in [-0.2, -0.15) is 4.31 Å². The average Bonchev–Trinajstić information content (AvgIpc) is 2.94. The summed E-state index contributed by atoms with van der Waals surface area (Å²) in [6.45, 7) is 1.52. The third kappa shape index (κ3) is 4.90. The van der Waals surface area contributed by atoms with Crippen LogP contribution in [0.1, 0.15) is 0 Å². The first-order valence-corrected chi connectivity index (χ1v) is 13.1. The fourth-order valence-corrected chi connectivity index (χ4v) is 5.80. The van der Waals surface area contributed by atoms with Crippen LogP contribution in [0.2, 0.25) is 0 Å². The van der Waals surface area contributed by atoms with Crippen molar-refractivity contribution < 1.29 is 27.0 Å². The second kappa shape index (κ2) is 10.2. The summed E-state index contributed by atoms with van der Waals surface area (Å²) in [5, 5.41) is 0.652. The molecule has 1 saturated heterocycles. The van der Waals surface area contributed by atoms with Crippen LogP contribution in [0.25, 0.3) is 10.9 Å². The molecule has 0 aliphatic carbocycles. The van der Waals surface area contributed by atoms with Gasteiger partial charge in [0.1, 0.15) is 5.75 Å². The summed E-state index contributed by atoms with van der Waals surface area (Å²) in [5.41, 5.74) is 1.28. The number of halogens is 1. The smallest absolute Gasteiger partial charge is 0.243 e. The molecule has 1 aliphatic rings. The Morgan fingerprint density at radius 2 is 1.51 bits per heavy atom. The topological polar surface area (TPSA) is 81.2 Å². The van der Waals surface area contributed by atoms with Crippen molar-refractivity contribution in [3.05, 3.63) is 78.7 Å². The highest BCUT2D eigenvalue weighted by Crippen LogP contribution is 2.38. The standard InChI is InChI=1S/C27H26FN3O5S/c1-34-26-17-21-23(18-27(26)35-2)29-11-10-24(21)36-25-9-8-19(16-22(25)28)30-12-14-31(15-13-30)37(32,33)20-6-4-3-5-7-20/h3-11,16-18H,12-15H2,1-2H3. The summed E-state index contributed by atoms with van der Waals surface area (Å²) < 4.78 is 59.0. The lowest BCUT2D eigenvalue weighted by atomic mass is 10.1. The van der Waals surface area contributed by atoms with E-state index in [0.717, 1.165) is 0 Å². The van der Waals surface area contributed by atoms with Crippen LogP contribution in [0, 0.1) is 5.82 Å². The molecule has 0 amide bonds. The minimum Gasteiger partial charge on any atom is -0.493 e. The molecule has 1 aliphatic heterocycles. The first-order chi connectivity index (χ1) is 17.9. The SMILES string of the molecule is COc1cc2nccc(Oc3ccc(N4CCN(S(=O)(=O)c5ccccc5)CC4)cc3F)c2cc1OC. The van der Waals surface area contributed by atoms with Gasteiger partial charge in [-0.05, 0) is 36.4 Å². The number of fused-ring (bicyclic) bond motifs is 1. The maximum atomic E-state index is 15.1. The Hall–Kier alpha value is -3.89. The van der Waals surface area contributed by atoms with Crippen molar-refractivity contribution in [1.82, 2.24) is 9.29 Å². The molecule has 0 saturated carbocycles. The highest BCUT2D eigenvalue weighted by atomic mass is 32.2. The van der Waals surface area contributed by atoms with Crippen LogP contribution in [0.4, 0.5) is 10.1 Å². The molecule has 2 heterocycles. The summed E-state index contributed by atoms with van der Waals surface area (Å²) in [4.78, 5) is 6.58. The van der Waals surface area contributed by atoms with Gasteiger partial charge >= 0.3 is 0 Å². The van der Waals surface area contributed by atoms with Crippen molar-refractivity contribution >= 4 is 26.6 Å². The number of sulfonamides is 1. The fourth-order valence-electron chi connectivity index (χ4n) is 4.35. The minimum absolute atomic E-state index is 0.0660. The van der Waals surface area contributed by atoms with Crippen molar-refractivity contribution in [1.29, 1.82) is 0 Å². The van der Waals surface area contributed by atoms with Gasteiger partial charge in [0, 0.05) is 55.6 Å². The number of pyridine rings is 1. The first kappa shape index (κ1) is 24.8. The molecular formula is C27H26FN3O5S. The molecule has 0 bridgehead atoms. The predicted octanol–water partition coefficient (Wildman–Crippen LogP) is 4.69. The number of methoxy groups -OCH3 is 2. The first-order valence-electron chi connectivity index (χ1n) is 11.7. The second-order valence-corrected chi connectivity index (χ2v) is 10.4. The lowest BCUT2D eigenvalue weighted by molar-refractivity contribution is 0.355. The molecule has 10 heteroatoms. The van der Waals surface area contributed by atoms with Crippen LogP contribution >= 0.6 is 0 Å². The average molecular weight is 524 g/mol. The van der Waals surface area contributed by atoms with Crippen molar-refractivity contribution in [2.45, 2.75) is 4.90 Å². The number of aromatic nitrogens is 1. The largest absolute Gasteiger partial charge is 0.493 e. The number of nitrogens with zero attached hydrogens (tertiary/aromatic N) is 3. The van der Waals surface area contributed by atoms with E-state index < -0.39 is 15.8 Å². The van der Waals surface area contributed by atoms with Gasteiger partial charge in [0.05, 0.1) is 24.6 Å². The lowest BCUT2D eigenvalue weighted by Gasteiger charge is -2.35. The van der Waals surface area contributed by atoms with Crippen LogP contribution in [0.3, 0.4) is 0 Å². The molecule has 1 fully saturated rings. The highest BCUT2D eigenvalue weighted by molar-refractivity contribution is 7.89. The van der Waals surface area contributed by atoms with Crippen LogP contribution in [-0.2, 0) is 10.0 Å². The highest BCUT2D eigenvalue weighted by Gasteiger charge is 2.28. The van der Waals surface area contributed by atoms with E-state index in [1.807, 2.05) is 4.90 Å². The van der Waals surface area contributed by atoms with Gasteiger partial charge in [-0.1, -0.05) is 18.2 Å². The molecule has 0 unspecified atom stereocenters. The molecular weight excluding hydrogens is 497 g/mol. The van der Waals surface area contributed by atoms with E-state index >= 15 is 4.39 Å². The van der Waals surface area contributed by atoms with Crippen molar-refractivity contribution in [3.63, 3.8) is 0 Å². The lowest BCUT2D eigenvalue weighted by Crippen LogP contribution is -2.48. The number of benzene rings is 3. The molecule has 5 rings (SSSR count). The zero-order valence-corrected chi connectivity index (χ0v) is 21.2. The Kier molecular flexibility index (Phi) is 6.86. The van der Waals surface area contributed by atoms with Crippen molar-refractivity contribution in [2.75, 3.05) is 45.3 Å². The molecule has 0 spiro atoms. The number of piperazine rings is 1. The summed E-state index contributed by atoms with van der Waals surface area (Å²) in [7, 11) is -0.472. The van der Waals surface area contributed by atoms with Crippen LogP contribution in [0.15, 0.2) is 77.8 Å². The second-order valence-electron chi connectivity index (χ2n) is 8.45. The van der Waals surface area contributed by atoms with Crippen LogP contribution in [-0.4, -0.2) is 58.1 Å². The Labute approximate surface area is 214 Å². The molecule has 37 heavy (non-hydrogen) atoms. The Morgan fingerprint density at radius 3 is 2.19 bits per heavy atom. The molecule has 3 aromatic carbocycles. The molecule has 192 valence electrons. The van der Waals surface area contributed by atoms with E-state index in [-0.39, 0.29) is 10.6 Å². The van der Waals surface area contributed by atoms with Gasteiger partial charge < -0.3 is 19.1 Å². The number of hydrogen-bond donors (Lipinski definition) is 0. The van der Waals surface area contributed by atoms with E-state index in [1.54, 1.807) is 74.0 Å². The van der Waals surface area contributed by atoms with Gasteiger partial charge in [0.2, 0.25) is 10.0 Å². The fraction of sp³-hybridized carbons (Fsp3) is 0.222. The summed E-state index contributed by atoms with van der Waals surface area (Å²) >= 11 is 0. The van der Waals surface area contributed by atoms with Crippen molar-refractivity contribution in [3.8, 4) is 23.0 Å². The van der Waals surface area contributed by atoms with Crippen molar-refractivity contribution in [2.24, 2.45) is 0 Å². The van der Waals surface area contributed by atoms with Gasteiger partial charge in [0.15, 0.2) is 23.1 Å². The maximum Gasteiger partial charge on any atom is 0.243 e. The third-order valence-electron chi connectivity index (χ3n) is 6.33. The van der Waals surface area contributed by atoms with Crippen LogP contribution in [0.5, 0.6) is 23.0 Å². The molecule has 1 aromatic heterocycles. The summed E-state index contributed by atoms with van der Waals surface area (Å²) in [5.74, 6) is 1.01. The van der Waals surface area contributed by atoms with Gasteiger partial charge in [-0.15, -0.1) is 0 Å². The number of anilines is 1. The monoisotopic (exact) mass is 523 g/mol. The van der Waals surface area contributed by atoms with Crippen LogP contribution < -0.4 is 19.1 Å². The molecule has 0 N–H and O–H groups in total. The van der Waals surface area contributed by atoms with Gasteiger partial charge in [0.25, 0.3) is 0 Å². The quantitative estimate of drug-likeness (QED) is 0.348. The predicted molar refractivity (Wildman–Crippen MR) is 139 cm³/mol. The van der Waals surface area contributed by atoms with E-state index in [4.69, 9.17) is 14.2 Å². The molecule has 0 atom stereocenters. The Bertz CT molecular complexity index is 1520. The third-order valence-corrected chi connectivity index (χ3v) is 8.24. The number of rotatable bonds is 7. The Balaban J connectivity index is 1.32. The number of ether oxygens (including phenoxy) is 3. The van der Waals surface area contributed by atoms with Gasteiger partial charge in [-0.25, -0.2) is 12.8 Å². The molecule has 0 radical (unpaired) electrons. The zero-order chi connectivity index (χ0) is 26.0. The summed E-state index contributed by atoms with van der Waals surface area (Å²) in [6, 6.07) is 18.3. The van der Waals surface area contributed by atoms with E-state index in [1.165, 1.54) is 17.5 Å². The van der Waals surface area contributed by atoms with E-state index in [0.29, 0.717) is 60.0 Å². The zero-order valence-electron chi connectivity index (χ0n) is 20.4. The van der Waals surface area contributed by atoms with E-state index in [9.17, 15) is 8.42 Å². The Morgan fingerprint density at radius 1 is 0.811 bits per heavy atom. The number of hydrogen-bond acceptors (Lipinski definition) is 7. The summed E-state index contributed by atoms with van der Waals surface area (Å²) in [6.07, 6.45) is 1.58. The van der Waals surface area contributed by atoms with Gasteiger partial charge in [-0.3, -0.25) is 4.98 Å².